The average molecular weight is 827 g/mol. The third-order valence-corrected chi connectivity index (χ3v) is 10.2. The van der Waals surface area contributed by atoms with Crippen molar-refractivity contribution < 1.29 is 20.8 Å². The molecular formula is C48H60Cl2SiZr. The molecule has 0 N–H and O–H groups in total. The van der Waals surface area contributed by atoms with Crippen LogP contribution in [-0.4, -0.2) is 9.52 Å². The van der Waals surface area contributed by atoms with E-state index in [2.05, 4.69) is 166 Å². The summed E-state index contributed by atoms with van der Waals surface area (Å²) >= 11 is -0.826. The summed E-state index contributed by atoms with van der Waals surface area (Å²) in [4.78, 5) is 0. The molecule has 274 valence electrons. The Kier molecular flexibility index (Phi) is 19.4. The third kappa shape index (κ3) is 11.4. The topological polar surface area (TPSA) is 0 Å². The molecule has 2 atom stereocenters. The fourth-order valence-electron chi connectivity index (χ4n) is 7.04. The second-order valence-electron chi connectivity index (χ2n) is 14.1. The summed E-state index contributed by atoms with van der Waals surface area (Å²) in [6.45, 7) is 22.5. The Morgan fingerprint density at radius 3 is 1.25 bits per heavy atom. The second kappa shape index (κ2) is 22.9. The van der Waals surface area contributed by atoms with Crippen molar-refractivity contribution in [3.05, 3.63) is 130 Å². The first-order chi connectivity index (χ1) is 25.1. The summed E-state index contributed by atoms with van der Waals surface area (Å²) in [5.41, 5.74) is 14.3. The number of rotatable bonds is 10. The molecule has 6 aromatic carbocycles. The van der Waals surface area contributed by atoms with Crippen LogP contribution in [0.25, 0.3) is 43.8 Å². The van der Waals surface area contributed by atoms with Crippen LogP contribution in [0.4, 0.5) is 0 Å². The molecule has 0 fully saturated rings. The molecular weight excluding hydrogens is 767 g/mol. The van der Waals surface area contributed by atoms with Crippen molar-refractivity contribution in [3.8, 4) is 22.3 Å². The van der Waals surface area contributed by atoms with Crippen LogP contribution >= 0.6 is 17.0 Å². The summed E-state index contributed by atoms with van der Waals surface area (Å²) in [7, 11) is 11.0. The zero-order valence-corrected chi connectivity index (χ0v) is 38.4. The van der Waals surface area contributed by atoms with Gasteiger partial charge in [-0.1, -0.05) is 151 Å². The standard InChI is InChI=1S/2C23H27.C2H6Si.2ClH.Zr/c2*1-5-9-18-12-13-19-14-20(16(3)6-2)15-22(19)23(18)21-11-8-7-10-17(21)4;1-3-2;;;/h2*7-8,10-16H,5-6,9H2,1-4H3;1-2H3;2*1H;/q2*-1;;;;+4/p-2. The molecule has 0 amide bonds. The average Bonchev–Trinajstić information content (AvgIpc) is 3.78. The monoisotopic (exact) mass is 824 g/mol. The quantitative estimate of drug-likeness (QED) is 0.0953. The molecule has 0 saturated carbocycles. The molecule has 2 unspecified atom stereocenters. The van der Waals surface area contributed by atoms with Crippen molar-refractivity contribution in [2.24, 2.45) is 0 Å². The van der Waals surface area contributed by atoms with Crippen molar-refractivity contribution in [1.29, 1.82) is 0 Å². The van der Waals surface area contributed by atoms with Gasteiger partial charge in [0, 0.05) is 9.52 Å². The molecule has 0 saturated heterocycles. The van der Waals surface area contributed by atoms with E-state index in [9.17, 15) is 0 Å². The molecule has 0 nitrogen and oxygen atoms in total. The summed E-state index contributed by atoms with van der Waals surface area (Å²) in [6.07, 6.45) is 7.04. The van der Waals surface area contributed by atoms with Gasteiger partial charge in [0.25, 0.3) is 0 Å². The van der Waals surface area contributed by atoms with Crippen LogP contribution in [0.2, 0.25) is 13.1 Å². The van der Waals surface area contributed by atoms with Gasteiger partial charge in [0.2, 0.25) is 0 Å². The van der Waals surface area contributed by atoms with Crippen LogP contribution in [0, 0.1) is 13.8 Å². The number of hydrogen-bond acceptors (Lipinski definition) is 0. The van der Waals surface area contributed by atoms with E-state index in [-0.39, 0.29) is 0 Å². The number of benzene rings is 4. The van der Waals surface area contributed by atoms with Crippen LogP contribution in [0.3, 0.4) is 0 Å². The molecule has 4 heteroatoms. The molecule has 0 spiro atoms. The van der Waals surface area contributed by atoms with Crippen molar-refractivity contribution in [2.45, 2.75) is 119 Å². The van der Waals surface area contributed by atoms with Crippen LogP contribution in [-0.2, 0) is 33.7 Å². The van der Waals surface area contributed by atoms with Gasteiger partial charge in [-0.3, -0.25) is 0 Å². The van der Waals surface area contributed by atoms with Gasteiger partial charge in [0.05, 0.1) is 0 Å². The molecule has 0 bridgehead atoms. The van der Waals surface area contributed by atoms with E-state index >= 15 is 0 Å². The minimum absolute atomic E-state index is 0.627. The fourth-order valence-corrected chi connectivity index (χ4v) is 7.04. The van der Waals surface area contributed by atoms with Gasteiger partial charge in [-0.25, -0.2) is 0 Å². The van der Waals surface area contributed by atoms with E-state index < -0.39 is 20.8 Å². The molecule has 6 rings (SSSR count). The summed E-state index contributed by atoms with van der Waals surface area (Å²) in [5, 5.41) is 5.64. The molecule has 0 aliphatic heterocycles. The molecule has 0 heterocycles. The molecule has 52 heavy (non-hydrogen) atoms. The molecule has 2 radical (unpaired) electrons. The number of fused-ring (bicyclic) bond motifs is 2. The Labute approximate surface area is 338 Å². The summed E-state index contributed by atoms with van der Waals surface area (Å²) in [5.74, 6) is 1.25. The van der Waals surface area contributed by atoms with Crippen LogP contribution < -0.4 is 0 Å². The Morgan fingerprint density at radius 2 is 0.942 bits per heavy atom. The molecule has 0 aliphatic rings. The third-order valence-electron chi connectivity index (χ3n) is 10.2. The predicted molar refractivity (Wildman–Crippen MR) is 234 cm³/mol. The zero-order valence-electron chi connectivity index (χ0n) is 33.4. The van der Waals surface area contributed by atoms with Crippen LogP contribution in [0.15, 0.2) is 97.1 Å². The number of halogens is 2. The van der Waals surface area contributed by atoms with Gasteiger partial charge in [0.15, 0.2) is 0 Å². The first-order valence-electron chi connectivity index (χ1n) is 19.2. The van der Waals surface area contributed by atoms with Crippen LogP contribution in [0.1, 0.15) is 112 Å². The summed E-state index contributed by atoms with van der Waals surface area (Å²) < 4.78 is 0. The molecule has 0 aromatic heterocycles. The molecule has 0 aliphatic carbocycles. The first-order valence-corrected chi connectivity index (χ1v) is 27.6. The maximum atomic E-state index is 4.93. The van der Waals surface area contributed by atoms with Gasteiger partial charge in [-0.2, -0.15) is 12.1 Å². The van der Waals surface area contributed by atoms with E-state index in [1.165, 1.54) is 103 Å². The van der Waals surface area contributed by atoms with Gasteiger partial charge < -0.3 is 0 Å². The predicted octanol–water partition coefficient (Wildman–Crippen LogP) is 16.2. The van der Waals surface area contributed by atoms with Crippen molar-refractivity contribution in [2.75, 3.05) is 0 Å². The Balaban J connectivity index is 0.000000244. The van der Waals surface area contributed by atoms with Crippen molar-refractivity contribution >= 4 is 48.1 Å². The zero-order chi connectivity index (χ0) is 38.2. The van der Waals surface area contributed by atoms with E-state index in [1.807, 2.05) is 0 Å². The first kappa shape index (κ1) is 44.2. The Morgan fingerprint density at radius 1 is 0.596 bits per heavy atom. The van der Waals surface area contributed by atoms with Crippen molar-refractivity contribution in [3.63, 3.8) is 0 Å². The van der Waals surface area contributed by atoms with E-state index in [4.69, 9.17) is 17.0 Å². The van der Waals surface area contributed by atoms with Gasteiger partial charge in [-0.05, 0) is 60.8 Å². The van der Waals surface area contributed by atoms with E-state index in [0.29, 0.717) is 11.8 Å². The van der Waals surface area contributed by atoms with Gasteiger partial charge in [-0.15, -0.1) is 69.1 Å². The second-order valence-corrected chi connectivity index (χ2v) is 18.8. The van der Waals surface area contributed by atoms with E-state index in [0.717, 1.165) is 22.4 Å². The maximum absolute atomic E-state index is 4.93. The van der Waals surface area contributed by atoms with E-state index in [1.54, 1.807) is 0 Å². The number of aryl methyl sites for hydroxylation is 4. The van der Waals surface area contributed by atoms with Crippen molar-refractivity contribution in [1.82, 2.24) is 0 Å². The normalized spacial score (nSPS) is 11.8. The van der Waals surface area contributed by atoms with Gasteiger partial charge >= 0.3 is 37.9 Å². The van der Waals surface area contributed by atoms with Crippen LogP contribution in [0.5, 0.6) is 0 Å². The SMILES string of the molecule is CCCc1ccc2[cH-]c(C(C)CC)cc2c1-c1ccccc1C.CCCc1ccc2[cH-]c(C(C)CC)cc2c1-c1ccccc1C.C[Si]C.[Cl][Zr+2][Cl]. The Hall–Kier alpha value is -2.22. The summed E-state index contributed by atoms with van der Waals surface area (Å²) in [6, 6.07) is 36.6. The molecule has 6 aromatic rings. The number of hydrogen-bond donors (Lipinski definition) is 0. The minimum atomic E-state index is -0.826. The Bertz CT molecular complexity index is 1810. The fraction of sp³-hybridized carbons (Fsp3) is 0.375. The van der Waals surface area contributed by atoms with Gasteiger partial charge in [0.1, 0.15) is 0 Å².